The zero-order valence-corrected chi connectivity index (χ0v) is 9.49. The molecule has 3 unspecified atom stereocenters. The highest BCUT2D eigenvalue weighted by Gasteiger charge is 2.40. The lowest BCUT2D eigenvalue weighted by Crippen LogP contribution is -2.16. The lowest BCUT2D eigenvalue weighted by molar-refractivity contribution is 0.409. The quantitative estimate of drug-likeness (QED) is 0.761. The van der Waals surface area contributed by atoms with Crippen LogP contribution in [0, 0.1) is 18.8 Å². The van der Waals surface area contributed by atoms with E-state index in [1.807, 2.05) is 6.07 Å². The Labute approximate surface area is 94.5 Å². The van der Waals surface area contributed by atoms with Crippen LogP contribution in [0.4, 0.5) is 0 Å². The Balaban J connectivity index is 1.99. The van der Waals surface area contributed by atoms with Crippen LogP contribution in [0.3, 0.4) is 0 Å². The van der Waals surface area contributed by atoms with E-state index in [9.17, 15) is 9.90 Å². The molecule has 1 aromatic heterocycles. The molecular formula is C13H17NO2. The molecule has 16 heavy (non-hydrogen) atoms. The number of pyridine rings is 1. The van der Waals surface area contributed by atoms with Gasteiger partial charge in [0, 0.05) is 11.6 Å². The number of fused-ring (bicyclic) bond motifs is 2. The van der Waals surface area contributed by atoms with E-state index in [1.165, 1.54) is 25.7 Å². The van der Waals surface area contributed by atoms with Crippen LogP contribution in [0.2, 0.25) is 0 Å². The van der Waals surface area contributed by atoms with Gasteiger partial charge in [-0.3, -0.25) is 4.79 Å². The van der Waals surface area contributed by atoms with Crippen LogP contribution in [0.1, 0.15) is 42.9 Å². The molecule has 1 heterocycles. The van der Waals surface area contributed by atoms with Crippen molar-refractivity contribution in [2.75, 3.05) is 0 Å². The number of aryl methyl sites for hydroxylation is 1. The predicted octanol–water partition coefficient (Wildman–Crippen LogP) is 2.29. The van der Waals surface area contributed by atoms with Crippen molar-refractivity contribution >= 4 is 0 Å². The second-order valence-electron chi connectivity index (χ2n) is 5.37. The first-order valence-corrected chi connectivity index (χ1v) is 6.08. The van der Waals surface area contributed by atoms with Gasteiger partial charge in [0.1, 0.15) is 0 Å². The molecule has 3 rings (SSSR count). The van der Waals surface area contributed by atoms with Crippen molar-refractivity contribution in [3.05, 3.63) is 27.7 Å². The van der Waals surface area contributed by atoms with Gasteiger partial charge in [-0.05, 0) is 49.7 Å². The maximum Gasteiger partial charge on any atom is 0.290 e. The van der Waals surface area contributed by atoms with Gasteiger partial charge in [-0.15, -0.1) is 0 Å². The van der Waals surface area contributed by atoms with E-state index in [2.05, 4.69) is 4.98 Å². The summed E-state index contributed by atoms with van der Waals surface area (Å²) in [5, 5.41) is 9.46. The molecule has 2 bridgehead atoms. The Morgan fingerprint density at radius 3 is 2.75 bits per heavy atom. The molecule has 86 valence electrons. The molecule has 0 saturated heterocycles. The second-order valence-corrected chi connectivity index (χ2v) is 5.37. The summed E-state index contributed by atoms with van der Waals surface area (Å²) in [5.74, 6) is 2.01. The second kappa shape index (κ2) is 3.37. The molecule has 2 aliphatic carbocycles. The van der Waals surface area contributed by atoms with Gasteiger partial charge in [0.05, 0.1) is 0 Å². The number of aromatic hydroxyl groups is 1. The number of H-pyrrole nitrogens is 1. The van der Waals surface area contributed by atoms with Gasteiger partial charge < -0.3 is 10.1 Å². The summed E-state index contributed by atoms with van der Waals surface area (Å²) in [6, 6.07) is 1.95. The van der Waals surface area contributed by atoms with Crippen molar-refractivity contribution in [1.29, 1.82) is 0 Å². The fraction of sp³-hybridized carbons (Fsp3) is 0.615. The topological polar surface area (TPSA) is 53.1 Å². The first-order chi connectivity index (χ1) is 7.65. The molecule has 0 aliphatic heterocycles. The maximum atomic E-state index is 11.5. The molecule has 2 saturated carbocycles. The third-order valence-corrected chi connectivity index (χ3v) is 4.36. The normalized spacial score (nSPS) is 32.2. The smallest absolute Gasteiger partial charge is 0.290 e. The Morgan fingerprint density at radius 1 is 1.38 bits per heavy atom. The fourth-order valence-electron chi connectivity index (χ4n) is 3.53. The number of rotatable bonds is 1. The summed E-state index contributed by atoms with van der Waals surface area (Å²) >= 11 is 0. The third kappa shape index (κ3) is 1.38. The van der Waals surface area contributed by atoms with E-state index < -0.39 is 0 Å². The molecule has 0 aromatic carbocycles. The Hall–Kier alpha value is -1.25. The van der Waals surface area contributed by atoms with Crippen molar-refractivity contribution in [3.8, 4) is 5.75 Å². The summed E-state index contributed by atoms with van der Waals surface area (Å²) in [5.41, 5.74) is 1.40. The highest BCUT2D eigenvalue weighted by Crippen LogP contribution is 2.52. The van der Waals surface area contributed by atoms with Crippen molar-refractivity contribution in [1.82, 2.24) is 4.98 Å². The minimum atomic E-state index is -0.335. The van der Waals surface area contributed by atoms with Crippen LogP contribution in [0.5, 0.6) is 5.75 Å². The summed E-state index contributed by atoms with van der Waals surface area (Å²) in [7, 11) is 0. The average Bonchev–Trinajstić information content (AvgIpc) is 2.86. The monoisotopic (exact) mass is 219 g/mol. The molecular weight excluding hydrogens is 202 g/mol. The van der Waals surface area contributed by atoms with Crippen molar-refractivity contribution in [2.45, 2.75) is 38.5 Å². The molecule has 2 aliphatic rings. The molecule has 1 aromatic rings. The van der Waals surface area contributed by atoms with Gasteiger partial charge in [-0.25, -0.2) is 0 Å². The number of hydrogen-bond donors (Lipinski definition) is 2. The first-order valence-electron chi connectivity index (χ1n) is 6.08. The van der Waals surface area contributed by atoms with Crippen molar-refractivity contribution in [2.24, 2.45) is 11.8 Å². The highest BCUT2D eigenvalue weighted by molar-refractivity contribution is 5.31. The van der Waals surface area contributed by atoms with E-state index in [1.54, 1.807) is 6.92 Å². The minimum absolute atomic E-state index is 0.132. The third-order valence-electron chi connectivity index (χ3n) is 4.36. The van der Waals surface area contributed by atoms with Crippen LogP contribution in [-0.2, 0) is 0 Å². The molecule has 0 amide bonds. The Kier molecular flexibility index (Phi) is 2.09. The molecule has 2 fully saturated rings. The average molecular weight is 219 g/mol. The zero-order valence-electron chi connectivity index (χ0n) is 9.49. The van der Waals surface area contributed by atoms with Crippen LogP contribution in [0.15, 0.2) is 10.9 Å². The predicted molar refractivity (Wildman–Crippen MR) is 61.7 cm³/mol. The summed E-state index contributed by atoms with van der Waals surface area (Å²) < 4.78 is 0. The van der Waals surface area contributed by atoms with Gasteiger partial charge in [-0.1, -0.05) is 6.42 Å². The van der Waals surface area contributed by atoms with Crippen LogP contribution in [0.25, 0.3) is 0 Å². The largest absolute Gasteiger partial charge is 0.503 e. The summed E-state index contributed by atoms with van der Waals surface area (Å²) in [4.78, 5) is 14.4. The van der Waals surface area contributed by atoms with E-state index in [0.717, 1.165) is 17.5 Å². The van der Waals surface area contributed by atoms with E-state index in [4.69, 9.17) is 0 Å². The van der Waals surface area contributed by atoms with Crippen LogP contribution >= 0.6 is 0 Å². The fourth-order valence-corrected chi connectivity index (χ4v) is 3.53. The minimum Gasteiger partial charge on any atom is -0.503 e. The number of aromatic nitrogens is 1. The summed E-state index contributed by atoms with van der Waals surface area (Å²) in [6.45, 7) is 1.79. The van der Waals surface area contributed by atoms with Gasteiger partial charge in [-0.2, -0.15) is 0 Å². The first kappa shape index (κ1) is 9.94. The van der Waals surface area contributed by atoms with Crippen LogP contribution < -0.4 is 5.56 Å². The van der Waals surface area contributed by atoms with Crippen LogP contribution in [-0.4, -0.2) is 10.1 Å². The Morgan fingerprint density at radius 2 is 2.19 bits per heavy atom. The number of hydrogen-bond acceptors (Lipinski definition) is 2. The number of nitrogens with one attached hydrogen (secondary N) is 1. The lowest BCUT2D eigenvalue weighted by Gasteiger charge is -2.21. The van der Waals surface area contributed by atoms with Gasteiger partial charge in [0.2, 0.25) is 0 Å². The SMILES string of the molecule is Cc1cc(C2CC3CCC2C3)[nH]c(=O)c1O. The van der Waals surface area contributed by atoms with E-state index in [0.29, 0.717) is 11.5 Å². The van der Waals surface area contributed by atoms with Crippen molar-refractivity contribution in [3.63, 3.8) is 0 Å². The van der Waals surface area contributed by atoms with E-state index >= 15 is 0 Å². The zero-order chi connectivity index (χ0) is 11.3. The van der Waals surface area contributed by atoms with E-state index in [-0.39, 0.29) is 11.3 Å². The molecule has 2 N–H and O–H groups in total. The Bertz CT molecular complexity index is 477. The molecule has 3 atom stereocenters. The molecule has 3 heteroatoms. The van der Waals surface area contributed by atoms with Crippen molar-refractivity contribution < 1.29 is 5.11 Å². The molecule has 0 spiro atoms. The molecule has 0 radical (unpaired) electrons. The lowest BCUT2D eigenvalue weighted by atomic mass is 9.86. The van der Waals surface area contributed by atoms with Gasteiger partial charge in [0.25, 0.3) is 5.56 Å². The standard InChI is InChI=1S/C13H17NO2/c1-7-4-11(14-13(16)12(7)15)10-6-8-2-3-9(10)5-8/h4,8-10,15H,2-3,5-6H2,1H3,(H,14,16). The maximum absolute atomic E-state index is 11.5. The molecule has 3 nitrogen and oxygen atoms in total. The highest BCUT2D eigenvalue weighted by atomic mass is 16.3. The number of aromatic amines is 1. The summed E-state index contributed by atoms with van der Waals surface area (Å²) in [6.07, 6.45) is 5.21. The van der Waals surface area contributed by atoms with Gasteiger partial charge >= 0.3 is 0 Å². The van der Waals surface area contributed by atoms with Gasteiger partial charge in [0.15, 0.2) is 5.75 Å².